The Hall–Kier alpha value is -3.36. The van der Waals surface area contributed by atoms with Crippen LogP contribution in [0.3, 0.4) is 0 Å². The number of benzene rings is 2. The van der Waals surface area contributed by atoms with E-state index in [1.54, 1.807) is 25.1 Å². The molecule has 0 aliphatic carbocycles. The molecular formula is C21H18F3N3O3. The summed E-state index contributed by atoms with van der Waals surface area (Å²) in [6, 6.07) is 11.6. The van der Waals surface area contributed by atoms with E-state index in [2.05, 4.69) is 10.4 Å². The van der Waals surface area contributed by atoms with Crippen LogP contribution in [0.4, 0.5) is 19.0 Å². The lowest BCUT2D eigenvalue weighted by Gasteiger charge is -2.31. The number of esters is 1. The van der Waals surface area contributed by atoms with E-state index in [4.69, 9.17) is 4.74 Å². The Bertz CT molecular complexity index is 1120. The van der Waals surface area contributed by atoms with E-state index in [0.29, 0.717) is 5.56 Å². The number of carbonyl (C=O) groups excluding carboxylic acids is 2. The summed E-state index contributed by atoms with van der Waals surface area (Å²) in [5, 5.41) is 8.48. The Kier molecular flexibility index (Phi) is 4.97. The van der Waals surface area contributed by atoms with Crippen molar-refractivity contribution in [2.75, 3.05) is 11.9 Å². The van der Waals surface area contributed by atoms with Crippen LogP contribution in [0.2, 0.25) is 0 Å². The highest BCUT2D eigenvalue weighted by Crippen LogP contribution is 2.39. The number of carbonyl (C=O) groups is 2. The van der Waals surface area contributed by atoms with Crippen molar-refractivity contribution >= 4 is 28.3 Å². The summed E-state index contributed by atoms with van der Waals surface area (Å²) in [6.45, 7) is 1.08. The van der Waals surface area contributed by atoms with Crippen molar-refractivity contribution < 1.29 is 27.5 Å². The van der Waals surface area contributed by atoms with Gasteiger partial charge in [-0.25, -0.2) is 9.48 Å². The van der Waals surface area contributed by atoms with Gasteiger partial charge < -0.3 is 10.1 Å². The fourth-order valence-corrected chi connectivity index (χ4v) is 3.51. The van der Waals surface area contributed by atoms with Gasteiger partial charge in [0.1, 0.15) is 5.82 Å². The van der Waals surface area contributed by atoms with Crippen LogP contribution < -0.4 is 5.32 Å². The summed E-state index contributed by atoms with van der Waals surface area (Å²) < 4.78 is 45.7. The van der Waals surface area contributed by atoms with Gasteiger partial charge in [0.25, 0.3) is 0 Å². The summed E-state index contributed by atoms with van der Waals surface area (Å²) >= 11 is 0. The zero-order chi connectivity index (χ0) is 21.5. The predicted octanol–water partition coefficient (Wildman–Crippen LogP) is 4.38. The van der Waals surface area contributed by atoms with Gasteiger partial charge in [0.2, 0.25) is 0 Å². The van der Waals surface area contributed by atoms with Gasteiger partial charge in [0, 0.05) is 17.7 Å². The van der Waals surface area contributed by atoms with Crippen LogP contribution in [-0.2, 0) is 4.74 Å². The van der Waals surface area contributed by atoms with Crippen LogP contribution in [0.15, 0.2) is 48.5 Å². The predicted molar refractivity (Wildman–Crippen MR) is 104 cm³/mol. The standard InChI is InChI=1S/C21H18F3N3O3/c1-12-8-18(21(22,23)24)27-19(25-12)10-16(26-27)20(29)30-11-17(28)15-7-6-13-4-2-3-5-14(13)9-15/h2-7,9-10,12,18,25H,8,11H2,1H3/t12-,18-/m1/s1. The van der Waals surface area contributed by atoms with E-state index < -0.39 is 36.6 Å². The Balaban J connectivity index is 1.47. The smallest absolute Gasteiger partial charge is 0.410 e. The molecule has 9 heteroatoms. The monoisotopic (exact) mass is 417 g/mol. The van der Waals surface area contributed by atoms with Gasteiger partial charge in [-0.3, -0.25) is 4.79 Å². The Morgan fingerprint density at radius 3 is 2.63 bits per heavy atom. The van der Waals surface area contributed by atoms with Crippen LogP contribution in [-0.4, -0.2) is 40.4 Å². The summed E-state index contributed by atoms with van der Waals surface area (Å²) in [7, 11) is 0. The molecular weight excluding hydrogens is 399 g/mol. The van der Waals surface area contributed by atoms with E-state index >= 15 is 0 Å². The van der Waals surface area contributed by atoms with Crippen molar-refractivity contribution in [3.05, 3.63) is 59.8 Å². The van der Waals surface area contributed by atoms with Crippen LogP contribution in [0.25, 0.3) is 10.8 Å². The lowest BCUT2D eigenvalue weighted by Crippen LogP contribution is -2.37. The van der Waals surface area contributed by atoms with E-state index in [9.17, 15) is 22.8 Å². The highest BCUT2D eigenvalue weighted by Gasteiger charge is 2.45. The fourth-order valence-electron chi connectivity index (χ4n) is 3.51. The first-order valence-corrected chi connectivity index (χ1v) is 9.34. The van der Waals surface area contributed by atoms with Crippen molar-refractivity contribution in [1.29, 1.82) is 0 Å². The largest absolute Gasteiger partial charge is 0.453 e. The Labute approximate surface area is 169 Å². The molecule has 0 saturated carbocycles. The molecule has 1 aliphatic rings. The third kappa shape index (κ3) is 3.87. The number of hydrogen-bond acceptors (Lipinski definition) is 5. The molecule has 0 spiro atoms. The van der Waals surface area contributed by atoms with Gasteiger partial charge in [0.05, 0.1) is 0 Å². The number of Topliss-reactive ketones (excluding diaryl/α,β-unsaturated/α-hetero) is 1. The number of aromatic nitrogens is 2. The van der Waals surface area contributed by atoms with Gasteiger partial charge >= 0.3 is 12.1 Å². The quantitative estimate of drug-likeness (QED) is 0.504. The number of rotatable bonds is 4. The number of ketones is 1. The molecule has 0 radical (unpaired) electrons. The average molecular weight is 417 g/mol. The van der Waals surface area contributed by atoms with Gasteiger partial charge in [-0.1, -0.05) is 36.4 Å². The van der Waals surface area contributed by atoms with E-state index in [0.717, 1.165) is 15.5 Å². The maximum atomic E-state index is 13.3. The molecule has 0 bridgehead atoms. The average Bonchev–Trinajstić information content (AvgIpc) is 3.13. The van der Waals surface area contributed by atoms with Gasteiger partial charge in [-0.2, -0.15) is 18.3 Å². The molecule has 1 aromatic heterocycles. The van der Waals surface area contributed by atoms with E-state index in [1.807, 2.05) is 24.3 Å². The number of fused-ring (bicyclic) bond motifs is 2. The Morgan fingerprint density at radius 2 is 1.90 bits per heavy atom. The van der Waals surface area contributed by atoms with Gasteiger partial charge in [-0.15, -0.1) is 0 Å². The van der Waals surface area contributed by atoms with Crippen LogP contribution in [0, 0.1) is 0 Å². The van der Waals surface area contributed by atoms with Crippen molar-refractivity contribution in [1.82, 2.24) is 9.78 Å². The molecule has 3 aromatic rings. The molecule has 2 heterocycles. The number of ether oxygens (including phenoxy) is 1. The van der Waals surface area contributed by atoms with Gasteiger partial charge in [-0.05, 0) is 30.2 Å². The minimum Gasteiger partial charge on any atom is -0.453 e. The fraction of sp³-hybridized carbons (Fsp3) is 0.286. The highest BCUT2D eigenvalue weighted by atomic mass is 19.4. The van der Waals surface area contributed by atoms with Crippen molar-refractivity contribution in [2.24, 2.45) is 0 Å². The maximum Gasteiger partial charge on any atom is 0.410 e. The number of alkyl halides is 3. The van der Waals surface area contributed by atoms with E-state index in [-0.39, 0.29) is 17.9 Å². The molecule has 0 amide bonds. The van der Waals surface area contributed by atoms with Crippen LogP contribution in [0.5, 0.6) is 0 Å². The molecule has 2 atom stereocenters. The summed E-state index contributed by atoms with van der Waals surface area (Å²) in [6.07, 6.45) is -4.70. The van der Waals surface area contributed by atoms with Crippen LogP contribution in [0.1, 0.15) is 40.2 Å². The molecule has 4 rings (SSSR count). The molecule has 0 saturated heterocycles. The molecule has 0 unspecified atom stereocenters. The first-order valence-electron chi connectivity index (χ1n) is 9.34. The lowest BCUT2D eigenvalue weighted by molar-refractivity contribution is -0.173. The molecule has 1 aliphatic heterocycles. The van der Waals surface area contributed by atoms with Crippen molar-refractivity contribution in [3.63, 3.8) is 0 Å². The second-order valence-electron chi connectivity index (χ2n) is 7.26. The normalized spacial score (nSPS) is 18.5. The van der Waals surface area contributed by atoms with Crippen molar-refractivity contribution in [3.8, 4) is 0 Å². The molecule has 1 N–H and O–H groups in total. The minimum atomic E-state index is -4.50. The molecule has 0 fully saturated rings. The SMILES string of the molecule is C[C@@H]1C[C@H](C(F)(F)F)n2nc(C(=O)OCC(=O)c3ccc4ccccc4c3)cc2N1. The topological polar surface area (TPSA) is 73.2 Å². The number of nitrogens with one attached hydrogen (secondary N) is 1. The number of hydrogen-bond donors (Lipinski definition) is 1. The molecule has 6 nitrogen and oxygen atoms in total. The molecule has 2 aromatic carbocycles. The maximum absolute atomic E-state index is 13.3. The summed E-state index contributed by atoms with van der Waals surface area (Å²) in [5.41, 5.74) is 0.0884. The zero-order valence-corrected chi connectivity index (χ0v) is 15.9. The van der Waals surface area contributed by atoms with Crippen molar-refractivity contribution in [2.45, 2.75) is 31.6 Å². The number of nitrogens with zero attached hydrogens (tertiary/aromatic N) is 2. The second-order valence-corrected chi connectivity index (χ2v) is 7.26. The first kappa shape index (κ1) is 19.9. The molecule has 30 heavy (non-hydrogen) atoms. The summed E-state index contributed by atoms with van der Waals surface area (Å²) in [5.74, 6) is -1.29. The third-order valence-electron chi connectivity index (χ3n) is 4.99. The molecule has 156 valence electrons. The Morgan fingerprint density at radius 1 is 1.17 bits per heavy atom. The van der Waals surface area contributed by atoms with E-state index in [1.165, 1.54) is 6.07 Å². The minimum absolute atomic E-state index is 0.0869. The first-order chi connectivity index (χ1) is 14.2. The third-order valence-corrected chi connectivity index (χ3v) is 4.99. The van der Waals surface area contributed by atoms with Gasteiger partial charge in [0.15, 0.2) is 24.1 Å². The zero-order valence-electron chi connectivity index (χ0n) is 15.9. The second kappa shape index (κ2) is 7.47. The number of halogens is 3. The lowest BCUT2D eigenvalue weighted by atomic mass is 10.0. The number of anilines is 1. The summed E-state index contributed by atoms with van der Waals surface area (Å²) in [4.78, 5) is 24.7. The van der Waals surface area contributed by atoms with Crippen LogP contribution >= 0.6 is 0 Å². The highest BCUT2D eigenvalue weighted by molar-refractivity contribution is 6.02.